The van der Waals surface area contributed by atoms with Gasteiger partial charge in [-0.2, -0.15) is 5.10 Å². The number of nitro groups is 1. The van der Waals surface area contributed by atoms with Gasteiger partial charge in [-0.3, -0.25) is 14.9 Å². The predicted molar refractivity (Wildman–Crippen MR) is 103 cm³/mol. The van der Waals surface area contributed by atoms with E-state index in [0.29, 0.717) is 28.6 Å². The van der Waals surface area contributed by atoms with Gasteiger partial charge in [0, 0.05) is 17.7 Å². The molecule has 1 N–H and O–H groups in total. The van der Waals surface area contributed by atoms with E-state index < -0.39 is 16.9 Å². The van der Waals surface area contributed by atoms with Gasteiger partial charge in [0.1, 0.15) is 18.1 Å². The third kappa shape index (κ3) is 4.08. The first-order valence-corrected chi connectivity index (χ1v) is 8.66. The number of amides is 1. The molecule has 1 aromatic heterocycles. The largest absolute Gasteiger partial charge is 0.485 e. The van der Waals surface area contributed by atoms with Crippen molar-refractivity contribution >= 4 is 17.8 Å². The van der Waals surface area contributed by atoms with Gasteiger partial charge >= 0.3 is 0 Å². The Balaban J connectivity index is 1.37. The number of nitrogens with one attached hydrogen (secondary N) is 1. The maximum atomic E-state index is 12.2. The lowest BCUT2D eigenvalue weighted by molar-refractivity contribution is -0.384. The number of non-ortho nitro benzene ring substituents is 1. The third-order valence-corrected chi connectivity index (χ3v) is 4.14. The highest BCUT2D eigenvalue weighted by atomic mass is 16.6. The van der Waals surface area contributed by atoms with Crippen LogP contribution in [-0.2, 0) is 4.79 Å². The quantitative estimate of drug-likeness (QED) is 0.404. The Hall–Kier alpha value is -4.14. The summed E-state index contributed by atoms with van der Waals surface area (Å²) in [7, 11) is 0. The average molecular weight is 393 g/mol. The topological polar surface area (TPSA) is 116 Å². The zero-order chi connectivity index (χ0) is 20.2. The summed E-state index contributed by atoms with van der Waals surface area (Å²) in [5.41, 5.74) is 2.92. The minimum absolute atomic E-state index is 0.0299. The van der Waals surface area contributed by atoms with Gasteiger partial charge < -0.3 is 13.9 Å². The second kappa shape index (κ2) is 7.85. The van der Waals surface area contributed by atoms with Crippen molar-refractivity contribution < 1.29 is 23.6 Å². The maximum absolute atomic E-state index is 12.2. The molecule has 1 aliphatic heterocycles. The number of hydrogen-bond donors (Lipinski definition) is 1. The molecule has 4 rings (SSSR count). The first kappa shape index (κ1) is 18.2. The molecule has 2 heterocycles. The fourth-order valence-corrected chi connectivity index (χ4v) is 2.73. The average Bonchev–Trinajstić information content (AvgIpc) is 3.22. The van der Waals surface area contributed by atoms with Crippen LogP contribution in [0.3, 0.4) is 0 Å². The van der Waals surface area contributed by atoms with Crippen LogP contribution in [0.4, 0.5) is 5.69 Å². The lowest BCUT2D eigenvalue weighted by Crippen LogP contribution is -2.42. The number of fused-ring (bicyclic) bond motifs is 1. The highest BCUT2D eigenvalue weighted by Gasteiger charge is 2.27. The van der Waals surface area contributed by atoms with Gasteiger partial charge in [0.05, 0.1) is 11.1 Å². The highest BCUT2D eigenvalue weighted by Crippen LogP contribution is 2.30. The summed E-state index contributed by atoms with van der Waals surface area (Å²) in [6.45, 7) is 0.0794. The Morgan fingerprint density at radius 1 is 1.14 bits per heavy atom. The van der Waals surface area contributed by atoms with E-state index in [1.54, 1.807) is 42.5 Å². The van der Waals surface area contributed by atoms with Crippen molar-refractivity contribution in [2.24, 2.45) is 5.10 Å². The molecule has 9 heteroatoms. The van der Waals surface area contributed by atoms with Crippen molar-refractivity contribution in [3.63, 3.8) is 0 Å². The molecule has 29 heavy (non-hydrogen) atoms. The van der Waals surface area contributed by atoms with Crippen LogP contribution in [0.1, 0.15) is 5.76 Å². The van der Waals surface area contributed by atoms with Gasteiger partial charge in [-0.25, -0.2) is 5.43 Å². The van der Waals surface area contributed by atoms with Crippen LogP contribution >= 0.6 is 0 Å². The molecule has 0 unspecified atom stereocenters. The fraction of sp³-hybridized carbons (Fsp3) is 0.100. The molecule has 0 bridgehead atoms. The normalized spacial score (nSPS) is 15.2. The summed E-state index contributed by atoms with van der Waals surface area (Å²) >= 11 is 0. The molecule has 0 radical (unpaired) electrons. The smallest absolute Gasteiger partial charge is 0.284 e. The third-order valence-electron chi connectivity index (χ3n) is 4.14. The lowest BCUT2D eigenvalue weighted by atomic mass is 10.1. The van der Waals surface area contributed by atoms with Crippen molar-refractivity contribution in [1.82, 2.24) is 5.43 Å². The molecule has 0 aliphatic carbocycles. The van der Waals surface area contributed by atoms with Crippen LogP contribution in [-0.4, -0.2) is 29.8 Å². The number of nitrogens with zero attached hydrogens (tertiary/aromatic N) is 2. The van der Waals surface area contributed by atoms with E-state index in [1.807, 2.05) is 6.07 Å². The number of carbonyl (C=O) groups excluding carboxylic acids is 1. The Morgan fingerprint density at radius 2 is 1.97 bits per heavy atom. The number of para-hydroxylation sites is 2. The number of nitro benzene ring substituents is 1. The number of benzene rings is 2. The van der Waals surface area contributed by atoms with E-state index in [-0.39, 0.29) is 12.3 Å². The number of ether oxygens (including phenoxy) is 2. The standard InChI is InChI=1S/C20H15N3O6/c24-20(19-12-27-17-6-1-2-7-18(17)29-19)22-21-11-15-8-9-16(28-15)13-4-3-5-14(10-13)23(25)26/h1-11,19H,12H2,(H,22,24)/b21-11-/t19-/m1/s1. The van der Waals surface area contributed by atoms with Crippen molar-refractivity contribution in [1.29, 1.82) is 0 Å². The van der Waals surface area contributed by atoms with Crippen LogP contribution in [0, 0.1) is 10.1 Å². The Bertz CT molecular complexity index is 1090. The van der Waals surface area contributed by atoms with E-state index >= 15 is 0 Å². The van der Waals surface area contributed by atoms with Crippen LogP contribution in [0.25, 0.3) is 11.3 Å². The number of hydrazone groups is 1. The Morgan fingerprint density at radius 3 is 2.79 bits per heavy atom. The molecule has 2 aromatic carbocycles. The summed E-state index contributed by atoms with van der Waals surface area (Å²) in [5, 5.41) is 14.8. The van der Waals surface area contributed by atoms with E-state index in [2.05, 4.69) is 10.5 Å². The molecule has 0 saturated carbocycles. The van der Waals surface area contributed by atoms with Gasteiger partial charge in [0.2, 0.25) is 6.10 Å². The minimum Gasteiger partial charge on any atom is -0.485 e. The molecule has 3 aromatic rings. The fourth-order valence-electron chi connectivity index (χ4n) is 2.73. The van der Waals surface area contributed by atoms with E-state index in [1.165, 1.54) is 18.3 Å². The van der Waals surface area contributed by atoms with Gasteiger partial charge in [-0.1, -0.05) is 24.3 Å². The number of rotatable bonds is 5. The molecule has 1 aliphatic rings. The van der Waals surface area contributed by atoms with Crippen LogP contribution in [0.2, 0.25) is 0 Å². The SMILES string of the molecule is O=C(N/N=C\c1ccc(-c2cccc([N+](=O)[O-])c2)o1)[C@H]1COc2ccccc2O1. The molecular formula is C20H15N3O6. The van der Waals surface area contributed by atoms with E-state index in [0.717, 1.165) is 0 Å². The second-order valence-electron chi connectivity index (χ2n) is 6.11. The Labute approximate surface area is 164 Å². The first-order chi connectivity index (χ1) is 14.1. The van der Waals surface area contributed by atoms with Crippen molar-refractivity contribution in [2.45, 2.75) is 6.10 Å². The van der Waals surface area contributed by atoms with Gasteiger partial charge in [0.15, 0.2) is 11.5 Å². The summed E-state index contributed by atoms with van der Waals surface area (Å²) < 4.78 is 16.7. The number of carbonyl (C=O) groups is 1. The zero-order valence-electron chi connectivity index (χ0n) is 15.0. The predicted octanol–water partition coefficient (Wildman–Crippen LogP) is 3.14. The minimum atomic E-state index is -0.820. The molecule has 0 spiro atoms. The van der Waals surface area contributed by atoms with Crippen molar-refractivity contribution in [3.05, 3.63) is 76.5 Å². The van der Waals surface area contributed by atoms with Crippen LogP contribution in [0.5, 0.6) is 11.5 Å². The summed E-state index contributed by atoms with van der Waals surface area (Å²) in [6.07, 6.45) is 0.509. The molecule has 0 fully saturated rings. The molecule has 1 amide bonds. The monoisotopic (exact) mass is 393 g/mol. The number of furan rings is 1. The molecule has 146 valence electrons. The second-order valence-corrected chi connectivity index (χ2v) is 6.11. The Kier molecular flexibility index (Phi) is 4.93. The number of hydrogen-bond acceptors (Lipinski definition) is 7. The summed E-state index contributed by atoms with van der Waals surface area (Å²) in [5.74, 6) is 1.45. The maximum Gasteiger partial charge on any atom is 0.284 e. The first-order valence-electron chi connectivity index (χ1n) is 8.66. The lowest BCUT2D eigenvalue weighted by Gasteiger charge is -2.24. The summed E-state index contributed by atoms with van der Waals surface area (Å²) in [4.78, 5) is 22.6. The van der Waals surface area contributed by atoms with Crippen LogP contribution in [0.15, 0.2) is 70.2 Å². The van der Waals surface area contributed by atoms with Gasteiger partial charge in [-0.05, 0) is 24.3 Å². The van der Waals surface area contributed by atoms with Gasteiger partial charge in [-0.15, -0.1) is 0 Å². The van der Waals surface area contributed by atoms with Crippen molar-refractivity contribution in [3.8, 4) is 22.8 Å². The molecule has 9 nitrogen and oxygen atoms in total. The van der Waals surface area contributed by atoms with Crippen LogP contribution < -0.4 is 14.9 Å². The van der Waals surface area contributed by atoms with E-state index in [9.17, 15) is 14.9 Å². The van der Waals surface area contributed by atoms with E-state index in [4.69, 9.17) is 13.9 Å². The molecule has 0 saturated heterocycles. The highest BCUT2D eigenvalue weighted by molar-refractivity contribution is 5.84. The zero-order valence-corrected chi connectivity index (χ0v) is 15.0. The molecular weight excluding hydrogens is 378 g/mol. The molecule has 1 atom stereocenters. The summed E-state index contributed by atoms with van der Waals surface area (Å²) in [6, 6.07) is 16.5. The van der Waals surface area contributed by atoms with Gasteiger partial charge in [0.25, 0.3) is 11.6 Å². The van der Waals surface area contributed by atoms with Crippen molar-refractivity contribution in [2.75, 3.05) is 6.61 Å².